The number of benzene rings is 2. The second-order valence-electron chi connectivity index (χ2n) is 4.68. The van der Waals surface area contributed by atoms with Crippen LogP contribution in [0.1, 0.15) is 22.3 Å². The maximum atomic E-state index is 5.85. The van der Waals surface area contributed by atoms with E-state index in [-0.39, 0.29) is 0 Å². The van der Waals surface area contributed by atoms with Crippen LogP contribution in [-0.4, -0.2) is 0 Å². The molecule has 0 atom stereocenters. The molecule has 0 radical (unpaired) electrons. The van der Waals surface area contributed by atoms with Crippen LogP contribution in [0.2, 0.25) is 0 Å². The summed E-state index contributed by atoms with van der Waals surface area (Å²) in [7, 11) is 0. The summed E-state index contributed by atoms with van der Waals surface area (Å²) in [5, 5.41) is 0. The molecule has 0 bridgehead atoms. The van der Waals surface area contributed by atoms with Crippen molar-refractivity contribution in [3.8, 4) is 5.75 Å². The topological polar surface area (TPSA) is 35.2 Å². The lowest BCUT2D eigenvalue weighted by Crippen LogP contribution is -2.01. The first-order chi connectivity index (χ1) is 9.10. The van der Waals surface area contributed by atoms with E-state index >= 15 is 0 Å². The van der Waals surface area contributed by atoms with Crippen molar-refractivity contribution in [1.82, 2.24) is 0 Å². The number of halogens is 1. The lowest BCUT2D eigenvalue weighted by Gasteiger charge is -2.11. The van der Waals surface area contributed by atoms with Crippen LogP contribution in [0.15, 0.2) is 40.9 Å². The lowest BCUT2D eigenvalue weighted by molar-refractivity contribution is 0.305. The highest BCUT2D eigenvalue weighted by Crippen LogP contribution is 2.23. The predicted molar refractivity (Wildman–Crippen MR) is 82.3 cm³/mol. The minimum atomic E-state index is 0.501. The molecule has 3 heteroatoms. The maximum absolute atomic E-state index is 5.85. The second kappa shape index (κ2) is 6.22. The van der Waals surface area contributed by atoms with Crippen LogP contribution in [0, 0.1) is 13.8 Å². The fraction of sp³-hybridized carbons (Fsp3) is 0.250. The SMILES string of the molecule is Cc1ccc(C)c(COc2ccc(Br)c(CN)c2)c1. The molecule has 0 saturated carbocycles. The molecule has 0 aliphatic carbocycles. The molecule has 2 nitrogen and oxygen atoms in total. The molecule has 0 heterocycles. The maximum Gasteiger partial charge on any atom is 0.120 e. The highest BCUT2D eigenvalue weighted by atomic mass is 79.9. The van der Waals surface area contributed by atoms with Crippen LogP contribution in [0.25, 0.3) is 0 Å². The minimum Gasteiger partial charge on any atom is -0.489 e. The molecule has 0 saturated heterocycles. The van der Waals surface area contributed by atoms with Gasteiger partial charge in [0, 0.05) is 11.0 Å². The van der Waals surface area contributed by atoms with Crippen LogP contribution in [-0.2, 0) is 13.2 Å². The van der Waals surface area contributed by atoms with Crippen molar-refractivity contribution in [2.24, 2.45) is 5.73 Å². The van der Waals surface area contributed by atoms with E-state index in [1.165, 1.54) is 16.7 Å². The molecule has 2 aromatic carbocycles. The zero-order chi connectivity index (χ0) is 13.8. The number of aryl methyl sites for hydroxylation is 2. The van der Waals surface area contributed by atoms with Gasteiger partial charge >= 0.3 is 0 Å². The number of nitrogens with two attached hydrogens (primary N) is 1. The summed E-state index contributed by atoms with van der Waals surface area (Å²) < 4.78 is 6.87. The highest BCUT2D eigenvalue weighted by molar-refractivity contribution is 9.10. The normalized spacial score (nSPS) is 10.5. The van der Waals surface area contributed by atoms with Crippen LogP contribution in [0.5, 0.6) is 5.75 Å². The van der Waals surface area contributed by atoms with Crippen molar-refractivity contribution in [3.63, 3.8) is 0 Å². The minimum absolute atomic E-state index is 0.501. The van der Waals surface area contributed by atoms with E-state index in [0.717, 1.165) is 15.8 Å². The van der Waals surface area contributed by atoms with Crippen molar-refractivity contribution in [2.45, 2.75) is 27.0 Å². The predicted octanol–water partition coefficient (Wildman–Crippen LogP) is 4.10. The van der Waals surface area contributed by atoms with Gasteiger partial charge in [-0.05, 0) is 48.7 Å². The molecular weight excluding hydrogens is 302 g/mol. The molecule has 19 heavy (non-hydrogen) atoms. The van der Waals surface area contributed by atoms with Crippen molar-refractivity contribution in [2.75, 3.05) is 0 Å². The molecule has 100 valence electrons. The Bertz CT molecular complexity index is 581. The van der Waals surface area contributed by atoms with Crippen LogP contribution < -0.4 is 10.5 Å². The van der Waals surface area contributed by atoms with E-state index in [2.05, 4.69) is 48.0 Å². The molecule has 2 rings (SSSR count). The van der Waals surface area contributed by atoms with Gasteiger partial charge in [-0.1, -0.05) is 39.7 Å². The monoisotopic (exact) mass is 319 g/mol. The number of ether oxygens (including phenoxy) is 1. The largest absolute Gasteiger partial charge is 0.489 e. The Morgan fingerprint density at radius 3 is 2.58 bits per heavy atom. The van der Waals surface area contributed by atoms with Crippen LogP contribution in [0.3, 0.4) is 0 Å². The summed E-state index contributed by atoms with van der Waals surface area (Å²) in [6.07, 6.45) is 0. The van der Waals surface area contributed by atoms with Crippen molar-refractivity contribution >= 4 is 15.9 Å². The van der Waals surface area contributed by atoms with Crippen LogP contribution in [0.4, 0.5) is 0 Å². The molecule has 0 amide bonds. The van der Waals surface area contributed by atoms with E-state index in [4.69, 9.17) is 10.5 Å². The zero-order valence-electron chi connectivity index (χ0n) is 11.2. The standard InChI is InChI=1S/C16H18BrNO/c1-11-3-4-12(2)14(7-11)10-19-15-5-6-16(17)13(8-15)9-18/h3-8H,9-10,18H2,1-2H3. The van der Waals surface area contributed by atoms with E-state index in [0.29, 0.717) is 13.2 Å². The van der Waals surface area contributed by atoms with Crippen molar-refractivity contribution < 1.29 is 4.74 Å². The summed E-state index contributed by atoms with van der Waals surface area (Å²) in [5.41, 5.74) is 10.5. The smallest absolute Gasteiger partial charge is 0.120 e. The van der Waals surface area contributed by atoms with Gasteiger partial charge in [0.05, 0.1) is 0 Å². The number of rotatable bonds is 4. The Morgan fingerprint density at radius 1 is 1.05 bits per heavy atom. The zero-order valence-corrected chi connectivity index (χ0v) is 12.8. The molecule has 2 aromatic rings. The third-order valence-corrected chi connectivity index (χ3v) is 3.91. The quantitative estimate of drug-likeness (QED) is 0.920. The number of hydrogen-bond donors (Lipinski definition) is 1. The van der Waals surface area contributed by atoms with Gasteiger partial charge in [0.25, 0.3) is 0 Å². The second-order valence-corrected chi connectivity index (χ2v) is 5.53. The Morgan fingerprint density at radius 2 is 1.84 bits per heavy atom. The van der Waals surface area contributed by atoms with Crippen molar-refractivity contribution in [3.05, 3.63) is 63.1 Å². The fourth-order valence-corrected chi connectivity index (χ4v) is 2.32. The Balaban J connectivity index is 2.12. The highest BCUT2D eigenvalue weighted by Gasteiger charge is 2.03. The van der Waals surface area contributed by atoms with Gasteiger partial charge in [0.15, 0.2) is 0 Å². The first kappa shape index (κ1) is 14.1. The first-order valence-corrected chi connectivity index (χ1v) is 7.07. The Hall–Kier alpha value is -1.32. The van der Waals surface area contributed by atoms with E-state index < -0.39 is 0 Å². The van der Waals surface area contributed by atoms with Gasteiger partial charge in [-0.3, -0.25) is 0 Å². The first-order valence-electron chi connectivity index (χ1n) is 6.27. The molecule has 0 fully saturated rings. The van der Waals surface area contributed by atoms with E-state index in [9.17, 15) is 0 Å². The summed E-state index contributed by atoms with van der Waals surface area (Å²) in [4.78, 5) is 0. The Labute approximate surface area is 122 Å². The van der Waals surface area contributed by atoms with Gasteiger partial charge in [-0.25, -0.2) is 0 Å². The number of hydrogen-bond acceptors (Lipinski definition) is 2. The van der Waals surface area contributed by atoms with E-state index in [1.807, 2.05) is 18.2 Å². The molecule has 0 aliphatic heterocycles. The average Bonchev–Trinajstić information content (AvgIpc) is 2.41. The molecule has 0 aromatic heterocycles. The van der Waals surface area contributed by atoms with Gasteiger partial charge < -0.3 is 10.5 Å². The van der Waals surface area contributed by atoms with Gasteiger partial charge in [-0.15, -0.1) is 0 Å². The molecule has 0 unspecified atom stereocenters. The summed E-state index contributed by atoms with van der Waals surface area (Å²) in [6, 6.07) is 12.3. The van der Waals surface area contributed by atoms with Crippen LogP contribution >= 0.6 is 15.9 Å². The third kappa shape index (κ3) is 3.58. The van der Waals surface area contributed by atoms with E-state index in [1.54, 1.807) is 0 Å². The van der Waals surface area contributed by atoms with Gasteiger partial charge in [-0.2, -0.15) is 0 Å². The molecular formula is C16H18BrNO. The Kier molecular flexibility index (Phi) is 4.61. The molecule has 0 aliphatic rings. The fourth-order valence-electron chi connectivity index (χ4n) is 1.91. The average molecular weight is 320 g/mol. The van der Waals surface area contributed by atoms with Crippen molar-refractivity contribution in [1.29, 1.82) is 0 Å². The lowest BCUT2D eigenvalue weighted by atomic mass is 10.1. The molecule has 2 N–H and O–H groups in total. The third-order valence-electron chi connectivity index (χ3n) is 3.14. The van der Waals surface area contributed by atoms with Gasteiger partial charge in [0.1, 0.15) is 12.4 Å². The summed E-state index contributed by atoms with van der Waals surface area (Å²) in [5.74, 6) is 0.851. The van der Waals surface area contributed by atoms with Gasteiger partial charge in [0.2, 0.25) is 0 Å². The summed E-state index contributed by atoms with van der Waals surface area (Å²) in [6.45, 7) is 5.28. The molecule has 0 spiro atoms. The summed E-state index contributed by atoms with van der Waals surface area (Å²) >= 11 is 3.47.